The minimum absolute atomic E-state index is 0.0135. The van der Waals surface area contributed by atoms with E-state index in [-0.39, 0.29) is 11.8 Å². The minimum atomic E-state index is -0.874. The van der Waals surface area contributed by atoms with Crippen molar-refractivity contribution < 1.29 is 9.59 Å². The van der Waals surface area contributed by atoms with Gasteiger partial charge in [0.2, 0.25) is 11.8 Å². The quantitative estimate of drug-likeness (QED) is 0.753. The second kappa shape index (κ2) is 7.76. The van der Waals surface area contributed by atoms with Gasteiger partial charge in [0.15, 0.2) is 0 Å². The van der Waals surface area contributed by atoms with E-state index in [1.165, 1.54) is 0 Å². The Morgan fingerprint density at radius 2 is 1.46 bits per heavy atom. The first kappa shape index (κ1) is 18.7. The van der Waals surface area contributed by atoms with E-state index >= 15 is 0 Å². The van der Waals surface area contributed by atoms with E-state index in [1.54, 1.807) is 4.90 Å². The van der Waals surface area contributed by atoms with Crippen molar-refractivity contribution in [3.63, 3.8) is 0 Å². The van der Waals surface area contributed by atoms with Crippen LogP contribution in [0.3, 0.4) is 0 Å². The highest BCUT2D eigenvalue weighted by Crippen LogP contribution is 2.49. The SMILES string of the molecule is CN1CCN(C(=O)C2(C(=O)N(Cc3ccccc3)c3ccccc3)CC2)CC1. The van der Waals surface area contributed by atoms with Crippen molar-refractivity contribution in [2.75, 3.05) is 38.1 Å². The van der Waals surface area contributed by atoms with Gasteiger partial charge >= 0.3 is 0 Å². The molecule has 4 rings (SSSR count). The maximum absolute atomic E-state index is 13.6. The summed E-state index contributed by atoms with van der Waals surface area (Å²) in [6, 6.07) is 19.7. The molecule has 0 spiro atoms. The summed E-state index contributed by atoms with van der Waals surface area (Å²) < 4.78 is 0. The molecule has 146 valence electrons. The van der Waals surface area contributed by atoms with Gasteiger partial charge in [-0.3, -0.25) is 9.59 Å². The first-order valence-electron chi connectivity index (χ1n) is 9.99. The topological polar surface area (TPSA) is 43.9 Å². The fourth-order valence-electron chi connectivity index (χ4n) is 3.87. The van der Waals surface area contributed by atoms with Gasteiger partial charge in [0.25, 0.3) is 0 Å². The van der Waals surface area contributed by atoms with E-state index in [4.69, 9.17) is 0 Å². The van der Waals surface area contributed by atoms with Crippen LogP contribution in [-0.4, -0.2) is 54.8 Å². The highest BCUT2D eigenvalue weighted by Gasteiger charge is 2.59. The lowest BCUT2D eigenvalue weighted by molar-refractivity contribution is -0.144. The number of hydrogen-bond donors (Lipinski definition) is 0. The second-order valence-corrected chi connectivity index (χ2v) is 7.89. The summed E-state index contributed by atoms with van der Waals surface area (Å²) in [5.41, 5.74) is 1.02. The van der Waals surface area contributed by atoms with E-state index in [9.17, 15) is 9.59 Å². The molecule has 2 aliphatic rings. The third-order valence-electron chi connectivity index (χ3n) is 5.86. The molecule has 5 heteroatoms. The Kier molecular flexibility index (Phi) is 5.18. The van der Waals surface area contributed by atoms with Gasteiger partial charge in [-0.15, -0.1) is 0 Å². The Hall–Kier alpha value is -2.66. The van der Waals surface area contributed by atoms with Crippen LogP contribution in [0, 0.1) is 5.41 Å². The molecular weight excluding hydrogens is 350 g/mol. The molecule has 5 nitrogen and oxygen atoms in total. The lowest BCUT2D eigenvalue weighted by Gasteiger charge is -2.36. The second-order valence-electron chi connectivity index (χ2n) is 7.89. The zero-order valence-corrected chi connectivity index (χ0v) is 16.4. The number of piperazine rings is 1. The number of anilines is 1. The van der Waals surface area contributed by atoms with Gasteiger partial charge < -0.3 is 14.7 Å². The fourth-order valence-corrected chi connectivity index (χ4v) is 3.87. The van der Waals surface area contributed by atoms with Gasteiger partial charge in [0.1, 0.15) is 5.41 Å². The van der Waals surface area contributed by atoms with Gasteiger partial charge in [-0.1, -0.05) is 48.5 Å². The van der Waals surface area contributed by atoms with Gasteiger partial charge in [-0.05, 0) is 37.6 Å². The van der Waals surface area contributed by atoms with E-state index in [0.717, 1.165) is 24.3 Å². The molecule has 0 radical (unpaired) electrons. The molecular formula is C23H27N3O2. The van der Waals surface area contributed by atoms with Crippen molar-refractivity contribution >= 4 is 17.5 Å². The van der Waals surface area contributed by atoms with Crippen molar-refractivity contribution in [2.45, 2.75) is 19.4 Å². The number of para-hydroxylation sites is 1. The van der Waals surface area contributed by atoms with Crippen LogP contribution in [0.25, 0.3) is 0 Å². The van der Waals surface area contributed by atoms with Crippen LogP contribution in [0.4, 0.5) is 5.69 Å². The number of carbonyl (C=O) groups is 2. The zero-order chi connectivity index (χ0) is 19.6. The largest absolute Gasteiger partial charge is 0.339 e. The van der Waals surface area contributed by atoms with Crippen LogP contribution in [-0.2, 0) is 16.1 Å². The smallest absolute Gasteiger partial charge is 0.242 e. The number of carbonyl (C=O) groups excluding carboxylic acids is 2. The van der Waals surface area contributed by atoms with Crippen LogP contribution in [0.1, 0.15) is 18.4 Å². The summed E-state index contributed by atoms with van der Waals surface area (Å²) in [5.74, 6) is -0.0499. The number of hydrogen-bond acceptors (Lipinski definition) is 3. The molecule has 2 aromatic carbocycles. The first-order valence-corrected chi connectivity index (χ1v) is 9.99. The Morgan fingerprint density at radius 3 is 2.04 bits per heavy atom. The molecule has 0 unspecified atom stereocenters. The standard InChI is InChI=1S/C23H27N3O2/c1-24-14-16-25(17-15-24)21(27)23(12-13-23)22(28)26(20-10-6-3-7-11-20)18-19-8-4-2-5-9-19/h2-11H,12-18H2,1H3. The minimum Gasteiger partial charge on any atom is -0.339 e. The molecule has 2 amide bonds. The van der Waals surface area contributed by atoms with Gasteiger partial charge in [-0.2, -0.15) is 0 Å². The lowest BCUT2D eigenvalue weighted by Crippen LogP contribution is -2.53. The molecule has 0 aromatic heterocycles. The predicted molar refractivity (Wildman–Crippen MR) is 110 cm³/mol. The molecule has 0 atom stereocenters. The molecule has 28 heavy (non-hydrogen) atoms. The Morgan fingerprint density at radius 1 is 0.893 bits per heavy atom. The maximum Gasteiger partial charge on any atom is 0.242 e. The van der Waals surface area contributed by atoms with Gasteiger partial charge in [0, 0.05) is 31.9 Å². The van der Waals surface area contributed by atoms with Crippen molar-refractivity contribution in [1.29, 1.82) is 0 Å². The van der Waals surface area contributed by atoms with Crippen LogP contribution in [0.5, 0.6) is 0 Å². The Labute approximate surface area is 166 Å². The molecule has 2 aromatic rings. The molecule has 0 N–H and O–H groups in total. The highest BCUT2D eigenvalue weighted by molar-refractivity contribution is 6.14. The molecule has 2 fully saturated rings. The number of nitrogens with zero attached hydrogens (tertiary/aromatic N) is 3. The number of rotatable bonds is 5. The summed E-state index contributed by atoms with van der Waals surface area (Å²) in [6.07, 6.45) is 1.30. The van der Waals surface area contributed by atoms with Crippen LogP contribution in [0.15, 0.2) is 60.7 Å². The van der Waals surface area contributed by atoms with Crippen LogP contribution in [0.2, 0.25) is 0 Å². The number of likely N-dealkylation sites (N-methyl/N-ethyl adjacent to an activating group) is 1. The highest BCUT2D eigenvalue weighted by atomic mass is 16.2. The first-order chi connectivity index (χ1) is 13.6. The average Bonchev–Trinajstić information content (AvgIpc) is 3.55. The normalized spacial score (nSPS) is 18.5. The Bertz CT molecular complexity index is 825. The molecule has 1 aliphatic heterocycles. The third kappa shape index (κ3) is 3.67. The predicted octanol–water partition coefficient (Wildman–Crippen LogP) is 2.77. The Balaban J connectivity index is 1.59. The van der Waals surface area contributed by atoms with Crippen molar-refractivity contribution in [2.24, 2.45) is 5.41 Å². The van der Waals surface area contributed by atoms with Crippen molar-refractivity contribution in [3.05, 3.63) is 66.2 Å². The van der Waals surface area contributed by atoms with Crippen LogP contribution < -0.4 is 4.90 Å². The molecule has 1 heterocycles. The van der Waals surface area contributed by atoms with E-state index < -0.39 is 5.41 Å². The molecule has 0 bridgehead atoms. The summed E-state index contributed by atoms with van der Waals surface area (Å²) in [4.78, 5) is 32.8. The monoisotopic (exact) mass is 377 g/mol. The maximum atomic E-state index is 13.6. The van der Waals surface area contributed by atoms with Crippen molar-refractivity contribution in [1.82, 2.24) is 9.80 Å². The average molecular weight is 377 g/mol. The summed E-state index contributed by atoms with van der Waals surface area (Å²) in [5, 5.41) is 0. The van der Waals surface area contributed by atoms with Gasteiger partial charge in [-0.25, -0.2) is 0 Å². The zero-order valence-electron chi connectivity index (χ0n) is 16.4. The van der Waals surface area contributed by atoms with E-state index in [0.29, 0.717) is 32.5 Å². The summed E-state index contributed by atoms with van der Waals surface area (Å²) in [7, 11) is 2.07. The summed E-state index contributed by atoms with van der Waals surface area (Å²) in [6.45, 7) is 3.61. The molecule has 1 saturated carbocycles. The van der Waals surface area contributed by atoms with Crippen molar-refractivity contribution in [3.8, 4) is 0 Å². The number of benzene rings is 2. The number of amides is 2. The molecule has 1 aliphatic carbocycles. The summed E-state index contributed by atoms with van der Waals surface area (Å²) >= 11 is 0. The van der Waals surface area contributed by atoms with Crippen LogP contribution >= 0.6 is 0 Å². The molecule has 1 saturated heterocycles. The van der Waals surface area contributed by atoms with E-state index in [2.05, 4.69) is 11.9 Å². The fraction of sp³-hybridized carbons (Fsp3) is 0.391. The van der Waals surface area contributed by atoms with E-state index in [1.807, 2.05) is 65.6 Å². The van der Waals surface area contributed by atoms with Gasteiger partial charge in [0.05, 0.1) is 6.54 Å². The third-order valence-corrected chi connectivity index (χ3v) is 5.86. The lowest BCUT2D eigenvalue weighted by atomic mass is 10.0.